The van der Waals surface area contributed by atoms with Gasteiger partial charge in [0, 0.05) is 5.69 Å². The topological polar surface area (TPSA) is 83.6 Å². The zero-order valence-corrected chi connectivity index (χ0v) is 10.00. The molecule has 0 bridgehead atoms. The molecule has 0 heterocycles. The first-order valence-corrected chi connectivity index (χ1v) is 6.53. The van der Waals surface area contributed by atoms with Crippen LogP contribution < -0.4 is 11.0 Å². The Hall–Kier alpha value is -1.61. The molecule has 0 saturated heterocycles. The third kappa shape index (κ3) is 5.31. The molecule has 0 spiro atoms. The Kier molecular flexibility index (Phi) is 4.91. The second-order valence-corrected chi connectivity index (χ2v) is 4.89. The van der Waals surface area contributed by atoms with Gasteiger partial charge in [0.25, 0.3) is 0 Å². The average molecular weight is 251 g/mol. The molecule has 0 radical (unpaired) electrons. The standard InChI is InChI=1S/C6H7N.C6H7O3P/c7-6-4-2-1-3-5-6;7-10(8,9)6-4-2-1-3-5-6/h1-5H,7H2;1-5H,(H2,7,8,9). The largest absolute Gasteiger partial charge is 0.399 e. The van der Waals surface area contributed by atoms with Crippen LogP contribution in [0.3, 0.4) is 0 Å². The Balaban J connectivity index is 0.000000181. The average Bonchev–Trinajstić information content (AvgIpc) is 2.31. The fourth-order valence-electron chi connectivity index (χ4n) is 1.08. The van der Waals surface area contributed by atoms with Gasteiger partial charge in [-0.2, -0.15) is 0 Å². The molecular formula is C12H14NO3P. The van der Waals surface area contributed by atoms with Gasteiger partial charge >= 0.3 is 7.60 Å². The SMILES string of the molecule is Nc1ccccc1.O=P(O)(O)c1ccccc1. The maximum atomic E-state index is 10.5. The third-order valence-electron chi connectivity index (χ3n) is 1.89. The van der Waals surface area contributed by atoms with E-state index in [1.165, 1.54) is 12.1 Å². The maximum Gasteiger partial charge on any atom is 0.356 e. The lowest BCUT2D eigenvalue weighted by atomic mass is 10.3. The molecule has 5 heteroatoms. The Morgan fingerprint density at radius 2 is 1.24 bits per heavy atom. The first-order chi connectivity index (χ1) is 8.00. The van der Waals surface area contributed by atoms with Gasteiger partial charge in [-0.25, -0.2) is 0 Å². The Morgan fingerprint density at radius 3 is 1.47 bits per heavy atom. The highest BCUT2D eigenvalue weighted by molar-refractivity contribution is 7.60. The highest BCUT2D eigenvalue weighted by Gasteiger charge is 2.14. The minimum atomic E-state index is -4.02. The van der Waals surface area contributed by atoms with Crippen LogP contribution in [0.15, 0.2) is 60.7 Å². The molecular weight excluding hydrogens is 237 g/mol. The van der Waals surface area contributed by atoms with Crippen LogP contribution in [0.25, 0.3) is 0 Å². The molecule has 0 unspecified atom stereocenters. The minimum Gasteiger partial charge on any atom is -0.399 e. The highest BCUT2D eigenvalue weighted by atomic mass is 31.2. The van der Waals surface area contributed by atoms with Gasteiger partial charge in [-0.1, -0.05) is 36.4 Å². The molecule has 0 amide bonds. The smallest absolute Gasteiger partial charge is 0.356 e. The van der Waals surface area contributed by atoms with Crippen molar-refractivity contribution in [1.29, 1.82) is 0 Å². The Bertz CT molecular complexity index is 482. The van der Waals surface area contributed by atoms with Gasteiger partial charge in [-0.15, -0.1) is 0 Å². The van der Waals surface area contributed by atoms with Gasteiger partial charge in [0.2, 0.25) is 0 Å². The molecule has 2 aromatic rings. The minimum absolute atomic E-state index is 0.0648. The molecule has 2 rings (SSSR count). The van der Waals surface area contributed by atoms with Crippen LogP contribution in [0.4, 0.5) is 5.69 Å². The quantitative estimate of drug-likeness (QED) is 0.532. The summed E-state index contributed by atoms with van der Waals surface area (Å²) in [5.41, 5.74) is 6.18. The van der Waals surface area contributed by atoms with Crippen molar-refractivity contribution in [3.8, 4) is 0 Å². The molecule has 90 valence electrons. The normalized spacial score (nSPS) is 10.2. The summed E-state index contributed by atoms with van der Waals surface area (Å²) >= 11 is 0. The lowest BCUT2D eigenvalue weighted by Gasteiger charge is -2.00. The Labute approximate surface area is 99.9 Å². The van der Waals surface area contributed by atoms with Gasteiger partial charge in [-0.3, -0.25) is 4.57 Å². The summed E-state index contributed by atoms with van der Waals surface area (Å²) in [5.74, 6) is 0. The molecule has 4 nitrogen and oxygen atoms in total. The van der Waals surface area contributed by atoms with Crippen LogP contribution >= 0.6 is 7.60 Å². The van der Waals surface area contributed by atoms with Crippen molar-refractivity contribution < 1.29 is 14.4 Å². The van der Waals surface area contributed by atoms with Gasteiger partial charge in [0.15, 0.2) is 0 Å². The van der Waals surface area contributed by atoms with E-state index in [0.29, 0.717) is 0 Å². The van der Waals surface area contributed by atoms with Crippen molar-refractivity contribution in [2.24, 2.45) is 0 Å². The molecule has 0 saturated carbocycles. The van der Waals surface area contributed by atoms with Crippen LogP contribution in [0.2, 0.25) is 0 Å². The first-order valence-electron chi connectivity index (χ1n) is 4.92. The van der Waals surface area contributed by atoms with E-state index >= 15 is 0 Å². The molecule has 4 N–H and O–H groups in total. The molecule has 0 aliphatic heterocycles. The fraction of sp³-hybridized carbons (Fsp3) is 0. The molecule has 0 aromatic heterocycles. The van der Waals surface area contributed by atoms with Crippen molar-refractivity contribution >= 4 is 18.6 Å². The number of nitrogen functional groups attached to an aromatic ring is 1. The number of hydrogen-bond donors (Lipinski definition) is 3. The van der Waals surface area contributed by atoms with Gasteiger partial charge < -0.3 is 15.5 Å². The lowest BCUT2D eigenvalue weighted by molar-refractivity contribution is 0.387. The zero-order chi connectivity index (χ0) is 12.7. The molecule has 2 aromatic carbocycles. The first kappa shape index (κ1) is 13.5. The maximum absolute atomic E-state index is 10.5. The van der Waals surface area contributed by atoms with Crippen LogP contribution in [-0.4, -0.2) is 9.79 Å². The number of anilines is 1. The summed E-state index contributed by atoms with van der Waals surface area (Å²) in [6.45, 7) is 0. The molecule has 17 heavy (non-hydrogen) atoms. The molecule has 0 fully saturated rings. The van der Waals surface area contributed by atoms with Gasteiger partial charge in [-0.05, 0) is 24.3 Å². The van der Waals surface area contributed by atoms with E-state index in [0.717, 1.165) is 5.69 Å². The fourth-order valence-corrected chi connectivity index (χ4v) is 1.64. The predicted octanol–water partition coefficient (Wildman–Crippen LogP) is 1.76. The zero-order valence-electron chi connectivity index (χ0n) is 9.10. The highest BCUT2D eigenvalue weighted by Crippen LogP contribution is 2.32. The molecule has 0 aliphatic carbocycles. The summed E-state index contributed by atoms with van der Waals surface area (Å²) in [6, 6.07) is 17.2. The van der Waals surface area contributed by atoms with Gasteiger partial charge in [0.05, 0.1) is 5.30 Å². The number of rotatable bonds is 1. The summed E-state index contributed by atoms with van der Waals surface area (Å²) in [4.78, 5) is 17.2. The van der Waals surface area contributed by atoms with Crippen molar-refractivity contribution in [1.82, 2.24) is 0 Å². The van der Waals surface area contributed by atoms with E-state index in [1.807, 2.05) is 30.3 Å². The van der Waals surface area contributed by atoms with Gasteiger partial charge in [0.1, 0.15) is 0 Å². The molecule has 0 aliphatic rings. The van der Waals surface area contributed by atoms with E-state index in [4.69, 9.17) is 15.5 Å². The molecule has 0 atom stereocenters. The van der Waals surface area contributed by atoms with E-state index in [1.54, 1.807) is 18.2 Å². The number of hydrogen-bond acceptors (Lipinski definition) is 2. The number of para-hydroxylation sites is 1. The van der Waals surface area contributed by atoms with Crippen LogP contribution in [-0.2, 0) is 4.57 Å². The number of nitrogens with two attached hydrogens (primary N) is 1. The third-order valence-corrected chi connectivity index (χ3v) is 2.86. The summed E-state index contributed by atoms with van der Waals surface area (Å²) < 4.78 is 10.5. The lowest BCUT2D eigenvalue weighted by Crippen LogP contribution is -2.01. The van der Waals surface area contributed by atoms with E-state index in [-0.39, 0.29) is 5.30 Å². The van der Waals surface area contributed by atoms with E-state index in [2.05, 4.69) is 0 Å². The van der Waals surface area contributed by atoms with Crippen molar-refractivity contribution in [3.63, 3.8) is 0 Å². The summed E-state index contributed by atoms with van der Waals surface area (Å²) in [5, 5.41) is 0.0648. The second kappa shape index (κ2) is 6.21. The second-order valence-electron chi connectivity index (χ2n) is 3.29. The van der Waals surface area contributed by atoms with Crippen molar-refractivity contribution in [2.75, 3.05) is 5.73 Å². The van der Waals surface area contributed by atoms with Crippen LogP contribution in [0.1, 0.15) is 0 Å². The van der Waals surface area contributed by atoms with E-state index < -0.39 is 7.60 Å². The van der Waals surface area contributed by atoms with Crippen LogP contribution in [0, 0.1) is 0 Å². The predicted molar refractivity (Wildman–Crippen MR) is 69.0 cm³/mol. The summed E-state index contributed by atoms with van der Waals surface area (Å²) in [7, 11) is -4.02. The van der Waals surface area contributed by atoms with E-state index in [9.17, 15) is 4.57 Å². The Morgan fingerprint density at radius 1 is 0.824 bits per heavy atom. The van der Waals surface area contributed by atoms with Crippen molar-refractivity contribution in [3.05, 3.63) is 60.7 Å². The monoisotopic (exact) mass is 251 g/mol. The number of benzene rings is 2. The summed E-state index contributed by atoms with van der Waals surface area (Å²) in [6.07, 6.45) is 0. The van der Waals surface area contributed by atoms with Crippen molar-refractivity contribution in [2.45, 2.75) is 0 Å². The van der Waals surface area contributed by atoms with Crippen LogP contribution in [0.5, 0.6) is 0 Å².